The molecule has 9 nitrogen and oxygen atoms in total. The van der Waals surface area contributed by atoms with E-state index in [9.17, 15) is 19.5 Å². The zero-order valence-corrected chi connectivity index (χ0v) is 23.6. The molecule has 2 aliphatic carbocycles. The van der Waals surface area contributed by atoms with Crippen molar-refractivity contribution in [2.24, 2.45) is 16.7 Å². The van der Waals surface area contributed by atoms with Crippen molar-refractivity contribution < 1.29 is 33.7 Å². The van der Waals surface area contributed by atoms with Gasteiger partial charge in [0.1, 0.15) is 12.2 Å². The molecule has 1 saturated carbocycles. The van der Waals surface area contributed by atoms with Crippen molar-refractivity contribution in [3.8, 4) is 0 Å². The molecule has 0 spiro atoms. The molecule has 3 heterocycles. The summed E-state index contributed by atoms with van der Waals surface area (Å²) < 4.78 is 17.4. The molecule has 3 aliphatic rings. The van der Waals surface area contributed by atoms with Crippen LogP contribution in [0.5, 0.6) is 0 Å². The van der Waals surface area contributed by atoms with E-state index in [2.05, 4.69) is 16.0 Å². The van der Waals surface area contributed by atoms with Crippen LogP contribution >= 0.6 is 0 Å². The standard InChI is InChI=1S/C32H34N2O7/c1-20-8-5-11-24-30(2,13-12-21-16-25(35)39-19-21)32(4,38)27(41-29(37)23-10-7-15-34-18-23)26(31(20,24)3)40-28(36)22-9-6-14-33-17-22/h6-10,12-18,24,26-27,38H,5,11,19H2,1-4H3/b13-12+/t24-,26+,27+,30+,31+,32+/m1/s1. The summed E-state index contributed by atoms with van der Waals surface area (Å²) in [7, 11) is 0. The maximum Gasteiger partial charge on any atom is 0.340 e. The van der Waals surface area contributed by atoms with Gasteiger partial charge in [-0.3, -0.25) is 9.97 Å². The average Bonchev–Trinajstić information content (AvgIpc) is 3.39. The number of hydrogen-bond donors (Lipinski definition) is 1. The van der Waals surface area contributed by atoms with Crippen LogP contribution in [0.25, 0.3) is 0 Å². The maximum atomic E-state index is 13.5. The number of cyclic esters (lactones) is 1. The van der Waals surface area contributed by atoms with Crippen LogP contribution in [0.4, 0.5) is 0 Å². The van der Waals surface area contributed by atoms with Gasteiger partial charge in [-0.1, -0.05) is 37.6 Å². The van der Waals surface area contributed by atoms with Gasteiger partial charge in [0.25, 0.3) is 0 Å². The lowest BCUT2D eigenvalue weighted by Crippen LogP contribution is -2.72. The molecular weight excluding hydrogens is 524 g/mol. The number of carbonyl (C=O) groups excluding carboxylic acids is 3. The minimum atomic E-state index is -1.72. The van der Waals surface area contributed by atoms with Crippen LogP contribution in [-0.2, 0) is 19.0 Å². The van der Waals surface area contributed by atoms with E-state index in [0.717, 1.165) is 12.0 Å². The first kappa shape index (κ1) is 28.4. The molecular formula is C32H34N2O7. The van der Waals surface area contributed by atoms with Crippen molar-refractivity contribution in [2.45, 2.75) is 58.3 Å². The quantitative estimate of drug-likeness (QED) is 0.312. The average molecular weight is 559 g/mol. The van der Waals surface area contributed by atoms with E-state index in [1.54, 1.807) is 49.7 Å². The van der Waals surface area contributed by atoms with Gasteiger partial charge in [0.2, 0.25) is 0 Å². The van der Waals surface area contributed by atoms with Crippen molar-refractivity contribution in [1.29, 1.82) is 0 Å². The van der Waals surface area contributed by atoms with E-state index in [4.69, 9.17) is 14.2 Å². The van der Waals surface area contributed by atoms with Crippen LogP contribution < -0.4 is 0 Å². The molecule has 214 valence electrons. The van der Waals surface area contributed by atoms with Gasteiger partial charge >= 0.3 is 17.9 Å². The fourth-order valence-electron chi connectivity index (χ4n) is 6.62. The SMILES string of the molecule is CC1=CCC[C@H]2[C@@]1(C)[C@@H](OC(=O)c1cccnc1)[C@H](OC(=O)c1cccnc1)[C@](C)(O)[C@@]2(C)/C=C/C1=CC(=O)OC1. The number of aliphatic hydroxyl groups is 1. The largest absolute Gasteiger partial charge is 0.458 e. The Balaban J connectivity index is 1.64. The molecule has 9 heteroatoms. The Hall–Kier alpha value is -4.11. The zero-order valence-electron chi connectivity index (χ0n) is 23.6. The Morgan fingerprint density at radius 3 is 2.17 bits per heavy atom. The fraction of sp³-hybridized carbons (Fsp3) is 0.406. The summed E-state index contributed by atoms with van der Waals surface area (Å²) in [5.41, 5.74) is -1.44. The highest BCUT2D eigenvalue weighted by Crippen LogP contribution is 2.63. The molecule has 0 unspecified atom stereocenters. The molecule has 0 radical (unpaired) electrons. The Morgan fingerprint density at radius 1 is 1.02 bits per heavy atom. The number of pyridine rings is 2. The lowest BCUT2D eigenvalue weighted by molar-refractivity contribution is -0.251. The van der Waals surface area contributed by atoms with Gasteiger partial charge in [0.05, 0.1) is 11.1 Å². The Morgan fingerprint density at radius 2 is 1.63 bits per heavy atom. The second-order valence-electron chi connectivity index (χ2n) is 11.5. The van der Waals surface area contributed by atoms with E-state index in [1.807, 2.05) is 26.8 Å². The third-order valence-corrected chi connectivity index (χ3v) is 9.30. The topological polar surface area (TPSA) is 125 Å². The van der Waals surface area contributed by atoms with E-state index in [-0.39, 0.29) is 23.7 Å². The number of hydrogen-bond acceptors (Lipinski definition) is 9. The third kappa shape index (κ3) is 4.88. The first-order valence-corrected chi connectivity index (χ1v) is 13.7. The van der Waals surface area contributed by atoms with E-state index in [1.165, 1.54) is 18.5 Å². The van der Waals surface area contributed by atoms with Crippen LogP contribution in [-0.4, -0.2) is 57.4 Å². The molecule has 1 aliphatic heterocycles. The summed E-state index contributed by atoms with van der Waals surface area (Å²) >= 11 is 0. The summed E-state index contributed by atoms with van der Waals surface area (Å²) in [5, 5.41) is 12.5. The van der Waals surface area contributed by atoms with Crippen molar-refractivity contribution in [3.63, 3.8) is 0 Å². The van der Waals surface area contributed by atoms with Gasteiger partial charge in [0, 0.05) is 41.7 Å². The molecule has 2 aromatic heterocycles. The number of rotatable bonds is 6. The summed E-state index contributed by atoms with van der Waals surface area (Å²) in [6.45, 7) is 7.65. The number of fused-ring (bicyclic) bond motifs is 1. The van der Waals surface area contributed by atoms with Gasteiger partial charge in [-0.2, -0.15) is 0 Å². The second kappa shape index (κ2) is 10.7. The normalized spacial score (nSPS) is 32.9. The fourth-order valence-corrected chi connectivity index (χ4v) is 6.62. The monoisotopic (exact) mass is 558 g/mol. The number of allylic oxidation sites excluding steroid dienone is 1. The van der Waals surface area contributed by atoms with Gasteiger partial charge in [-0.15, -0.1) is 0 Å². The van der Waals surface area contributed by atoms with Gasteiger partial charge < -0.3 is 19.3 Å². The molecule has 5 rings (SSSR count). The molecule has 0 amide bonds. The molecule has 1 fully saturated rings. The first-order valence-electron chi connectivity index (χ1n) is 13.7. The number of carbonyl (C=O) groups is 3. The summed E-state index contributed by atoms with van der Waals surface area (Å²) in [4.78, 5) is 46.7. The molecule has 0 saturated heterocycles. The first-order chi connectivity index (χ1) is 19.5. The predicted molar refractivity (Wildman–Crippen MR) is 148 cm³/mol. The predicted octanol–water partition coefficient (Wildman–Crippen LogP) is 4.40. The van der Waals surface area contributed by atoms with Crippen molar-refractivity contribution >= 4 is 17.9 Å². The van der Waals surface area contributed by atoms with Gasteiger partial charge in [-0.25, -0.2) is 14.4 Å². The minimum Gasteiger partial charge on any atom is -0.458 e. The summed E-state index contributed by atoms with van der Waals surface area (Å²) in [5.74, 6) is -1.98. The van der Waals surface area contributed by atoms with E-state index in [0.29, 0.717) is 12.0 Å². The minimum absolute atomic E-state index is 0.138. The van der Waals surface area contributed by atoms with Crippen molar-refractivity contribution in [3.05, 3.63) is 95.6 Å². The highest BCUT2D eigenvalue weighted by Gasteiger charge is 2.69. The molecule has 41 heavy (non-hydrogen) atoms. The molecule has 6 atom stereocenters. The van der Waals surface area contributed by atoms with E-state index < -0.39 is 46.5 Å². The van der Waals surface area contributed by atoms with Crippen molar-refractivity contribution in [1.82, 2.24) is 9.97 Å². The van der Waals surface area contributed by atoms with Crippen LogP contribution in [0, 0.1) is 16.7 Å². The lowest BCUT2D eigenvalue weighted by Gasteiger charge is -2.64. The Bertz CT molecular complexity index is 1430. The van der Waals surface area contributed by atoms with Gasteiger partial charge in [-0.05, 0) is 62.4 Å². The number of aromatic nitrogens is 2. The number of ether oxygens (including phenoxy) is 3. The van der Waals surface area contributed by atoms with Crippen LogP contribution in [0.15, 0.2) is 84.5 Å². The van der Waals surface area contributed by atoms with Crippen LogP contribution in [0.3, 0.4) is 0 Å². The summed E-state index contributed by atoms with van der Waals surface area (Å²) in [6.07, 6.45) is 12.2. The molecule has 0 aromatic carbocycles. The Labute approximate surface area is 238 Å². The third-order valence-electron chi connectivity index (χ3n) is 9.30. The lowest BCUT2D eigenvalue weighted by atomic mass is 9.44. The van der Waals surface area contributed by atoms with Gasteiger partial charge in [0.15, 0.2) is 12.2 Å². The second-order valence-corrected chi connectivity index (χ2v) is 11.5. The molecule has 1 N–H and O–H groups in total. The maximum absolute atomic E-state index is 13.5. The van der Waals surface area contributed by atoms with E-state index >= 15 is 0 Å². The number of nitrogens with zero attached hydrogens (tertiary/aromatic N) is 2. The number of esters is 3. The van der Waals surface area contributed by atoms with Crippen molar-refractivity contribution in [2.75, 3.05) is 6.61 Å². The molecule has 2 aromatic rings. The van der Waals surface area contributed by atoms with Crippen LogP contribution in [0.2, 0.25) is 0 Å². The molecule has 0 bridgehead atoms. The summed E-state index contributed by atoms with van der Waals surface area (Å²) in [6, 6.07) is 6.43. The zero-order chi connectivity index (χ0) is 29.4. The van der Waals surface area contributed by atoms with Crippen LogP contribution in [0.1, 0.15) is 61.3 Å². The highest BCUT2D eigenvalue weighted by molar-refractivity contribution is 5.90. The Kier molecular flexibility index (Phi) is 7.42. The smallest absolute Gasteiger partial charge is 0.340 e. The highest BCUT2D eigenvalue weighted by atomic mass is 16.6.